The maximum absolute atomic E-state index is 5.30. The van der Waals surface area contributed by atoms with Crippen molar-refractivity contribution in [3.05, 3.63) is 0 Å². The van der Waals surface area contributed by atoms with Crippen LogP contribution in [-0.2, 0) is 4.74 Å². The van der Waals surface area contributed by atoms with Crippen molar-refractivity contribution < 1.29 is 4.74 Å². The summed E-state index contributed by atoms with van der Waals surface area (Å²) in [6.07, 6.45) is 7.72. The predicted octanol–water partition coefficient (Wildman–Crippen LogP) is 3.49. The van der Waals surface area contributed by atoms with Crippen molar-refractivity contribution in [2.24, 2.45) is 16.3 Å². The molecule has 1 atom stereocenters. The number of hydrogen-bond donors (Lipinski definition) is 2. The minimum Gasteiger partial charge on any atom is -0.385 e. The topological polar surface area (TPSA) is 48.9 Å². The van der Waals surface area contributed by atoms with Crippen LogP contribution in [0.15, 0.2) is 4.99 Å². The molecule has 0 aromatic heterocycles. The average molecular weight is 480 g/mol. The van der Waals surface area contributed by atoms with Gasteiger partial charge in [-0.05, 0) is 70.8 Å². The molecule has 1 saturated heterocycles. The Labute approximate surface area is 178 Å². The summed E-state index contributed by atoms with van der Waals surface area (Å²) >= 11 is 0. The number of rotatable bonds is 9. The third-order valence-corrected chi connectivity index (χ3v) is 6.01. The molecule has 2 N–H and O–H groups in total. The van der Waals surface area contributed by atoms with Gasteiger partial charge < -0.3 is 20.3 Å². The molecule has 1 saturated carbocycles. The van der Waals surface area contributed by atoms with Gasteiger partial charge in [-0.15, -0.1) is 24.0 Å². The average Bonchev–Trinajstić information content (AvgIpc) is 2.58. The molecule has 0 aromatic rings. The first-order valence-corrected chi connectivity index (χ1v) is 10.3. The molecule has 0 spiro atoms. The van der Waals surface area contributed by atoms with Crippen LogP contribution in [0.1, 0.15) is 59.3 Å². The predicted molar refractivity (Wildman–Crippen MR) is 122 cm³/mol. The fourth-order valence-electron chi connectivity index (χ4n) is 4.04. The molecule has 6 heteroatoms. The van der Waals surface area contributed by atoms with E-state index in [2.05, 4.69) is 36.3 Å². The third kappa shape index (κ3) is 7.50. The van der Waals surface area contributed by atoms with Crippen molar-refractivity contribution in [2.45, 2.75) is 65.3 Å². The van der Waals surface area contributed by atoms with Crippen molar-refractivity contribution in [1.82, 2.24) is 15.5 Å². The minimum absolute atomic E-state index is 0. The van der Waals surface area contributed by atoms with Crippen LogP contribution in [0.2, 0.25) is 0 Å². The van der Waals surface area contributed by atoms with E-state index in [0.717, 1.165) is 44.5 Å². The van der Waals surface area contributed by atoms with E-state index in [4.69, 9.17) is 9.73 Å². The number of aliphatic imine (C=N–C) groups is 1. The maximum Gasteiger partial charge on any atom is 0.191 e. The molecule has 1 aliphatic heterocycles. The Morgan fingerprint density at radius 1 is 1.27 bits per heavy atom. The molecule has 1 unspecified atom stereocenters. The number of ether oxygens (including phenoxy) is 1. The van der Waals surface area contributed by atoms with Gasteiger partial charge in [0.05, 0.1) is 0 Å². The molecule has 1 heterocycles. The van der Waals surface area contributed by atoms with Crippen LogP contribution in [0.3, 0.4) is 0 Å². The molecule has 2 fully saturated rings. The normalized spacial score (nSPS) is 23.3. The van der Waals surface area contributed by atoms with Crippen LogP contribution < -0.4 is 10.6 Å². The number of piperidine rings is 1. The van der Waals surface area contributed by atoms with Crippen LogP contribution in [0.5, 0.6) is 0 Å². The van der Waals surface area contributed by atoms with Gasteiger partial charge in [0, 0.05) is 45.9 Å². The summed E-state index contributed by atoms with van der Waals surface area (Å²) in [5.74, 6) is 1.72. The maximum atomic E-state index is 5.30. The van der Waals surface area contributed by atoms with E-state index >= 15 is 0 Å². The first kappa shape index (κ1) is 24.0. The van der Waals surface area contributed by atoms with Gasteiger partial charge in [0.1, 0.15) is 0 Å². The van der Waals surface area contributed by atoms with Gasteiger partial charge in [-0.25, -0.2) is 0 Å². The molecular formula is C20H41IN4O. The van der Waals surface area contributed by atoms with Crippen LogP contribution in [0, 0.1) is 11.3 Å². The Bertz CT molecular complexity index is 413. The van der Waals surface area contributed by atoms with Crippen molar-refractivity contribution >= 4 is 29.9 Å². The molecule has 0 radical (unpaired) electrons. The highest BCUT2D eigenvalue weighted by molar-refractivity contribution is 14.0. The summed E-state index contributed by atoms with van der Waals surface area (Å²) in [4.78, 5) is 7.53. The second kappa shape index (κ2) is 12.4. The fraction of sp³-hybridized carbons (Fsp3) is 0.950. The smallest absolute Gasteiger partial charge is 0.191 e. The van der Waals surface area contributed by atoms with Crippen molar-refractivity contribution in [3.8, 4) is 0 Å². The zero-order chi connectivity index (χ0) is 18.1. The number of halogens is 1. The number of likely N-dealkylation sites (tertiary alicyclic amines) is 1. The first-order valence-electron chi connectivity index (χ1n) is 10.3. The van der Waals surface area contributed by atoms with Gasteiger partial charge in [-0.2, -0.15) is 0 Å². The van der Waals surface area contributed by atoms with Gasteiger partial charge in [-0.3, -0.25) is 4.99 Å². The first-order chi connectivity index (χ1) is 12.1. The second-order valence-corrected chi connectivity index (χ2v) is 8.27. The van der Waals surface area contributed by atoms with E-state index in [1.54, 1.807) is 7.11 Å². The summed E-state index contributed by atoms with van der Waals surface area (Å²) in [5.41, 5.74) is 0.387. The van der Waals surface area contributed by atoms with E-state index in [9.17, 15) is 0 Å². The molecule has 0 aromatic carbocycles. The van der Waals surface area contributed by atoms with Gasteiger partial charge >= 0.3 is 0 Å². The van der Waals surface area contributed by atoms with Gasteiger partial charge in [-0.1, -0.05) is 6.42 Å². The molecule has 154 valence electrons. The summed E-state index contributed by atoms with van der Waals surface area (Å²) in [5, 5.41) is 7.03. The Hall–Kier alpha value is -0.0800. The standard InChI is InChI=1S/C20H40N4O.HI/c1-5-21-19(23-16-20(9-7-10-20)11-13-25-4)22-14-18-8-6-12-24(15-18)17(2)3;/h17-18H,5-16H2,1-4H3,(H2,21,22,23);1H. The highest BCUT2D eigenvalue weighted by Crippen LogP contribution is 2.44. The molecular weight excluding hydrogens is 439 g/mol. The Morgan fingerprint density at radius 2 is 2.04 bits per heavy atom. The lowest BCUT2D eigenvalue weighted by atomic mass is 9.67. The molecule has 0 amide bonds. The van der Waals surface area contributed by atoms with Crippen molar-refractivity contribution in [3.63, 3.8) is 0 Å². The molecule has 5 nitrogen and oxygen atoms in total. The van der Waals surface area contributed by atoms with E-state index in [0.29, 0.717) is 11.5 Å². The number of nitrogens with one attached hydrogen (secondary N) is 2. The fourth-order valence-corrected chi connectivity index (χ4v) is 4.04. The lowest BCUT2D eigenvalue weighted by Gasteiger charge is -2.41. The summed E-state index contributed by atoms with van der Waals surface area (Å²) < 4.78 is 5.30. The Balaban J connectivity index is 0.00000338. The number of guanidine groups is 1. The third-order valence-electron chi connectivity index (χ3n) is 6.01. The monoisotopic (exact) mass is 480 g/mol. The Kier molecular flexibility index (Phi) is 11.4. The van der Waals surface area contributed by atoms with Crippen LogP contribution in [0.25, 0.3) is 0 Å². The van der Waals surface area contributed by atoms with Crippen molar-refractivity contribution in [1.29, 1.82) is 0 Å². The number of nitrogens with zero attached hydrogens (tertiary/aromatic N) is 2. The molecule has 2 rings (SSSR count). The molecule has 1 aliphatic carbocycles. The SMILES string of the molecule is CCNC(=NCC1(CCOC)CCC1)NCC1CCCN(C(C)C)C1.I. The van der Waals surface area contributed by atoms with Crippen LogP contribution >= 0.6 is 24.0 Å². The largest absolute Gasteiger partial charge is 0.385 e. The van der Waals surface area contributed by atoms with E-state index in [-0.39, 0.29) is 24.0 Å². The van der Waals surface area contributed by atoms with E-state index in [1.807, 2.05) is 0 Å². The summed E-state index contributed by atoms with van der Waals surface area (Å²) in [6, 6.07) is 0.656. The van der Waals surface area contributed by atoms with E-state index < -0.39 is 0 Å². The zero-order valence-corrected chi connectivity index (χ0v) is 19.7. The molecule has 2 aliphatic rings. The number of methoxy groups -OCH3 is 1. The quantitative estimate of drug-likeness (QED) is 0.302. The van der Waals surface area contributed by atoms with Crippen molar-refractivity contribution in [2.75, 3.05) is 46.4 Å². The summed E-state index contributed by atoms with van der Waals surface area (Å²) in [7, 11) is 1.80. The van der Waals surface area contributed by atoms with Gasteiger partial charge in [0.2, 0.25) is 0 Å². The highest BCUT2D eigenvalue weighted by atomic mass is 127. The van der Waals surface area contributed by atoms with Crippen LogP contribution in [-0.4, -0.2) is 63.3 Å². The molecule has 0 bridgehead atoms. The number of hydrogen-bond acceptors (Lipinski definition) is 3. The molecule has 26 heavy (non-hydrogen) atoms. The van der Waals surface area contributed by atoms with E-state index in [1.165, 1.54) is 45.2 Å². The van der Waals surface area contributed by atoms with Crippen LogP contribution in [0.4, 0.5) is 0 Å². The minimum atomic E-state index is 0. The lowest BCUT2D eigenvalue weighted by molar-refractivity contribution is 0.0778. The highest BCUT2D eigenvalue weighted by Gasteiger charge is 2.36. The van der Waals surface area contributed by atoms with Gasteiger partial charge in [0.25, 0.3) is 0 Å². The second-order valence-electron chi connectivity index (χ2n) is 8.27. The Morgan fingerprint density at radius 3 is 2.62 bits per heavy atom. The zero-order valence-electron chi connectivity index (χ0n) is 17.4. The lowest BCUT2D eigenvalue weighted by Crippen LogP contribution is -2.46. The summed E-state index contributed by atoms with van der Waals surface area (Å²) in [6.45, 7) is 12.9. The van der Waals surface area contributed by atoms with Gasteiger partial charge in [0.15, 0.2) is 5.96 Å².